The van der Waals surface area contributed by atoms with E-state index < -0.39 is 5.97 Å². The minimum atomic E-state index is -0.684. The molecular weight excluding hydrogens is 352 g/mol. The first-order valence-electron chi connectivity index (χ1n) is 11.7. The summed E-state index contributed by atoms with van der Waals surface area (Å²) in [7, 11) is 0. The number of aliphatic hydroxyl groups excluding tert-OH is 2. The molecule has 4 nitrogen and oxygen atoms in total. The van der Waals surface area contributed by atoms with Crippen molar-refractivity contribution < 1.29 is 20.1 Å². The van der Waals surface area contributed by atoms with Crippen molar-refractivity contribution in [2.45, 2.75) is 97.2 Å². The summed E-state index contributed by atoms with van der Waals surface area (Å²) >= 11 is 0. The molecule has 0 bridgehead atoms. The third-order valence-corrected chi connectivity index (χ3v) is 10.2. The van der Waals surface area contributed by atoms with Crippen molar-refractivity contribution in [3.8, 4) is 0 Å². The second-order valence-corrected chi connectivity index (χ2v) is 11.4. The molecule has 4 heteroatoms. The Labute approximate surface area is 170 Å². The first kappa shape index (κ1) is 20.7. The number of hydrogen-bond donors (Lipinski definition) is 3. The predicted molar refractivity (Wildman–Crippen MR) is 109 cm³/mol. The Morgan fingerprint density at radius 3 is 2.39 bits per heavy atom. The lowest BCUT2D eigenvalue weighted by Gasteiger charge is -2.62. The largest absolute Gasteiger partial charge is 0.481 e. The molecule has 4 aliphatic rings. The average molecular weight is 393 g/mol. The summed E-state index contributed by atoms with van der Waals surface area (Å²) in [5.74, 6) is 2.36. The Balaban J connectivity index is 1.55. The first-order valence-corrected chi connectivity index (χ1v) is 11.7. The number of fused-ring (bicyclic) bond motifs is 5. The van der Waals surface area contributed by atoms with Crippen molar-refractivity contribution in [3.05, 3.63) is 0 Å². The van der Waals surface area contributed by atoms with Crippen LogP contribution in [0.5, 0.6) is 0 Å². The molecular formula is C24H40O4. The molecule has 0 aliphatic heterocycles. The van der Waals surface area contributed by atoms with Crippen molar-refractivity contribution in [2.24, 2.45) is 46.3 Å². The van der Waals surface area contributed by atoms with Crippen LogP contribution in [0.15, 0.2) is 0 Å². The normalized spacial score (nSPS) is 51.7. The zero-order valence-electron chi connectivity index (χ0n) is 17.9. The second-order valence-electron chi connectivity index (χ2n) is 11.4. The molecule has 0 heterocycles. The van der Waals surface area contributed by atoms with Gasteiger partial charge in [-0.25, -0.2) is 0 Å². The summed E-state index contributed by atoms with van der Waals surface area (Å²) in [4.78, 5) is 11.1. The molecule has 4 rings (SSSR count). The molecule has 0 aromatic rings. The van der Waals surface area contributed by atoms with E-state index in [1.54, 1.807) is 0 Å². The fourth-order valence-electron chi connectivity index (χ4n) is 8.73. The topological polar surface area (TPSA) is 77.8 Å². The molecule has 4 aliphatic carbocycles. The van der Waals surface area contributed by atoms with Crippen LogP contribution in [-0.2, 0) is 4.79 Å². The molecule has 0 aromatic heterocycles. The number of carbonyl (C=O) groups is 1. The number of hydrogen-bond acceptors (Lipinski definition) is 3. The highest BCUT2D eigenvalue weighted by molar-refractivity contribution is 5.66. The van der Waals surface area contributed by atoms with Gasteiger partial charge in [-0.05, 0) is 104 Å². The molecule has 28 heavy (non-hydrogen) atoms. The van der Waals surface area contributed by atoms with E-state index in [-0.39, 0.29) is 29.5 Å². The summed E-state index contributed by atoms with van der Waals surface area (Å²) in [6.45, 7) is 7.16. The molecule has 4 saturated carbocycles. The summed E-state index contributed by atoms with van der Waals surface area (Å²) < 4.78 is 0. The van der Waals surface area contributed by atoms with Crippen LogP contribution in [0.1, 0.15) is 85.0 Å². The van der Waals surface area contributed by atoms with Crippen molar-refractivity contribution in [1.82, 2.24) is 0 Å². The summed E-state index contributed by atoms with van der Waals surface area (Å²) in [6, 6.07) is 0. The Morgan fingerprint density at radius 1 is 1.00 bits per heavy atom. The van der Waals surface area contributed by atoms with Gasteiger partial charge in [0.05, 0.1) is 12.2 Å². The minimum absolute atomic E-state index is 0.179. The zero-order chi connectivity index (χ0) is 20.3. The molecule has 0 spiro atoms. The maximum absolute atomic E-state index is 11.2. The fraction of sp³-hybridized carbons (Fsp3) is 0.958. The first-order chi connectivity index (χ1) is 13.2. The smallest absolute Gasteiger partial charge is 0.303 e. The van der Waals surface area contributed by atoms with Gasteiger partial charge in [-0.3, -0.25) is 4.79 Å². The third kappa shape index (κ3) is 3.14. The highest BCUT2D eigenvalue weighted by Gasteiger charge is 2.62. The summed E-state index contributed by atoms with van der Waals surface area (Å²) in [6.07, 6.45) is 9.19. The lowest BCUT2D eigenvalue weighted by atomic mass is 9.43. The molecule has 3 N–H and O–H groups in total. The van der Waals surface area contributed by atoms with E-state index in [0.29, 0.717) is 35.5 Å². The van der Waals surface area contributed by atoms with Gasteiger partial charge in [0.2, 0.25) is 0 Å². The van der Waals surface area contributed by atoms with Crippen LogP contribution >= 0.6 is 0 Å². The average Bonchev–Trinajstić information content (AvgIpc) is 2.98. The van der Waals surface area contributed by atoms with E-state index in [1.165, 1.54) is 25.7 Å². The molecule has 0 saturated heterocycles. The van der Waals surface area contributed by atoms with Crippen LogP contribution in [0, 0.1) is 46.3 Å². The number of aliphatic carboxylic acids is 1. The van der Waals surface area contributed by atoms with E-state index in [2.05, 4.69) is 20.8 Å². The highest BCUT2D eigenvalue weighted by Crippen LogP contribution is 2.68. The van der Waals surface area contributed by atoms with Crippen LogP contribution in [0.2, 0.25) is 0 Å². The third-order valence-electron chi connectivity index (χ3n) is 10.2. The van der Waals surface area contributed by atoms with Crippen molar-refractivity contribution in [3.63, 3.8) is 0 Å². The number of aliphatic hydroxyl groups is 2. The van der Waals surface area contributed by atoms with Gasteiger partial charge in [0, 0.05) is 6.42 Å². The highest BCUT2D eigenvalue weighted by atomic mass is 16.4. The SMILES string of the molecule is C[C@H](CCC(=O)O)C1CC[C@H]2[C@@H]3[C@H](O)C[C@H]4C[C@H](O)CC[C@]4(C)[C@H]3CC[C@]12C. The van der Waals surface area contributed by atoms with E-state index in [1.807, 2.05) is 0 Å². The quantitative estimate of drug-likeness (QED) is 0.659. The van der Waals surface area contributed by atoms with Gasteiger partial charge in [0.15, 0.2) is 0 Å². The molecule has 10 atom stereocenters. The lowest BCUT2D eigenvalue weighted by Crippen LogP contribution is -2.58. The molecule has 0 amide bonds. The Hall–Kier alpha value is -0.610. The number of carboxylic acids is 1. The van der Waals surface area contributed by atoms with E-state index in [9.17, 15) is 15.0 Å². The van der Waals surface area contributed by atoms with E-state index in [4.69, 9.17) is 5.11 Å². The van der Waals surface area contributed by atoms with Crippen molar-refractivity contribution in [1.29, 1.82) is 0 Å². The van der Waals surface area contributed by atoms with E-state index in [0.717, 1.165) is 32.1 Å². The fourth-order valence-corrected chi connectivity index (χ4v) is 8.73. The van der Waals surface area contributed by atoms with Gasteiger partial charge >= 0.3 is 5.97 Å². The predicted octanol–water partition coefficient (Wildman–Crippen LogP) is 4.48. The van der Waals surface area contributed by atoms with Gasteiger partial charge in [-0.15, -0.1) is 0 Å². The summed E-state index contributed by atoms with van der Waals surface area (Å²) in [5, 5.41) is 30.5. The monoisotopic (exact) mass is 392 g/mol. The minimum Gasteiger partial charge on any atom is -0.481 e. The number of rotatable bonds is 4. The van der Waals surface area contributed by atoms with Gasteiger partial charge in [-0.2, -0.15) is 0 Å². The summed E-state index contributed by atoms with van der Waals surface area (Å²) in [5.41, 5.74) is 0.523. The van der Waals surface area contributed by atoms with Gasteiger partial charge in [0.1, 0.15) is 0 Å². The van der Waals surface area contributed by atoms with E-state index >= 15 is 0 Å². The standard InChI is InChI=1S/C24H40O4/c1-14(4-7-21(27)28)17-5-6-18-22-19(9-11-24(17,18)3)23(2)10-8-16(25)12-15(23)13-20(22)26/h14-20,22,25-26H,4-13H2,1-3H3,(H,27,28)/t14-,15-,16-,17?,18+,19+,20-,22+,23+,24-/m1/s1. The van der Waals surface area contributed by atoms with Gasteiger partial charge in [-0.1, -0.05) is 20.8 Å². The number of carboxylic acid groups (broad SMARTS) is 1. The van der Waals surface area contributed by atoms with Crippen LogP contribution in [0.25, 0.3) is 0 Å². The van der Waals surface area contributed by atoms with Gasteiger partial charge < -0.3 is 15.3 Å². The second kappa shape index (κ2) is 7.27. The molecule has 4 fully saturated rings. The maximum atomic E-state index is 11.2. The molecule has 0 aromatic carbocycles. The Morgan fingerprint density at radius 2 is 1.68 bits per heavy atom. The Kier molecular flexibility index (Phi) is 5.36. The lowest BCUT2D eigenvalue weighted by molar-refractivity contribution is -0.174. The molecule has 0 radical (unpaired) electrons. The van der Waals surface area contributed by atoms with Crippen LogP contribution < -0.4 is 0 Å². The van der Waals surface area contributed by atoms with Crippen LogP contribution in [-0.4, -0.2) is 33.5 Å². The molecule has 1 unspecified atom stereocenters. The van der Waals surface area contributed by atoms with Crippen molar-refractivity contribution >= 4 is 5.97 Å². The van der Waals surface area contributed by atoms with Crippen molar-refractivity contribution in [2.75, 3.05) is 0 Å². The Bertz CT molecular complexity index is 605. The molecule has 160 valence electrons. The van der Waals surface area contributed by atoms with Crippen LogP contribution in [0.3, 0.4) is 0 Å². The van der Waals surface area contributed by atoms with Crippen LogP contribution in [0.4, 0.5) is 0 Å². The maximum Gasteiger partial charge on any atom is 0.303 e. The zero-order valence-corrected chi connectivity index (χ0v) is 17.9. The van der Waals surface area contributed by atoms with Gasteiger partial charge in [0.25, 0.3) is 0 Å².